The first-order valence-electron chi connectivity index (χ1n) is 12.0. The molecule has 2 heterocycles. The molecule has 0 aliphatic carbocycles. The number of rotatable bonds is 5. The van der Waals surface area contributed by atoms with Crippen LogP contribution >= 0.6 is 0 Å². The van der Waals surface area contributed by atoms with Crippen LogP contribution in [-0.2, 0) is 14.6 Å². The van der Waals surface area contributed by atoms with Gasteiger partial charge in [-0.25, -0.2) is 13.4 Å². The summed E-state index contributed by atoms with van der Waals surface area (Å²) in [5, 5.41) is 3.16. The molecule has 2 aliphatic heterocycles. The maximum absolute atomic E-state index is 13.4. The zero-order valence-corrected chi connectivity index (χ0v) is 22.4. The lowest BCUT2D eigenvalue weighted by atomic mass is 10.0. The Labute approximate surface area is 226 Å². The molecule has 3 aromatic rings. The molecule has 1 unspecified atom stereocenters. The Bertz CT molecular complexity index is 1520. The molecule has 3 aromatic carbocycles. The Morgan fingerprint density at radius 2 is 1.79 bits per heavy atom. The van der Waals surface area contributed by atoms with Gasteiger partial charge in [0.2, 0.25) is 0 Å². The Balaban J connectivity index is 1.65. The van der Waals surface area contributed by atoms with E-state index in [0.717, 1.165) is 6.26 Å². The van der Waals surface area contributed by atoms with Crippen LogP contribution in [0.5, 0.6) is 11.5 Å². The van der Waals surface area contributed by atoms with Crippen LogP contribution in [0.25, 0.3) is 0 Å². The van der Waals surface area contributed by atoms with Crippen LogP contribution in [0.15, 0.2) is 76.6 Å². The standard InChI is InChI=1S/C27H29N5O6S/c1-16(2)38-21-13-10-18-14-22(21)37-15-29-25(28)17-8-11-19(12-9-17)30-24(18)27(34)32-31-26(33)20-6-4-5-7-23(20)39(3,35)36/h4-14,16,24,30H,15H2,1-3H3,(H2,28,29)(H,31,33)(H,32,34). The molecule has 2 aliphatic rings. The minimum Gasteiger partial charge on any atom is -0.487 e. The fourth-order valence-corrected chi connectivity index (χ4v) is 4.76. The van der Waals surface area contributed by atoms with Crippen LogP contribution in [0, 0.1) is 0 Å². The second-order valence-electron chi connectivity index (χ2n) is 9.06. The van der Waals surface area contributed by atoms with E-state index in [1.165, 1.54) is 24.3 Å². The fourth-order valence-electron chi connectivity index (χ4n) is 3.87. The average Bonchev–Trinajstić information content (AvgIpc) is 2.91. The number of hydrogen-bond acceptors (Lipinski definition) is 9. The molecular weight excluding hydrogens is 522 g/mol. The highest BCUT2D eigenvalue weighted by Gasteiger charge is 2.25. The van der Waals surface area contributed by atoms with Crippen molar-refractivity contribution in [2.75, 3.05) is 18.3 Å². The van der Waals surface area contributed by atoms with Crippen molar-refractivity contribution in [1.82, 2.24) is 10.9 Å². The van der Waals surface area contributed by atoms with Crippen LogP contribution in [0.2, 0.25) is 0 Å². The number of nitrogens with one attached hydrogen (secondary N) is 3. The number of hydrogen-bond donors (Lipinski definition) is 4. The molecule has 0 saturated heterocycles. The van der Waals surface area contributed by atoms with Gasteiger partial charge in [-0.05, 0) is 67.9 Å². The van der Waals surface area contributed by atoms with Gasteiger partial charge in [0.05, 0.1) is 16.6 Å². The van der Waals surface area contributed by atoms with Gasteiger partial charge < -0.3 is 20.5 Å². The van der Waals surface area contributed by atoms with E-state index < -0.39 is 27.7 Å². The summed E-state index contributed by atoms with van der Waals surface area (Å²) in [5.74, 6) is -0.295. The Hall–Kier alpha value is -4.58. The second kappa shape index (κ2) is 11.4. The zero-order chi connectivity index (χ0) is 28.2. The van der Waals surface area contributed by atoms with Crippen molar-refractivity contribution in [3.05, 3.63) is 83.4 Å². The number of amidine groups is 1. The molecule has 0 fully saturated rings. The van der Waals surface area contributed by atoms with Gasteiger partial charge in [0, 0.05) is 17.5 Å². The molecule has 0 saturated carbocycles. The smallest absolute Gasteiger partial charge is 0.271 e. The minimum absolute atomic E-state index is 0.0778. The molecule has 1 atom stereocenters. The topological polar surface area (TPSA) is 161 Å². The molecule has 39 heavy (non-hydrogen) atoms. The third kappa shape index (κ3) is 6.65. The number of fused-ring (bicyclic) bond motifs is 5. The number of hydrazine groups is 1. The average molecular weight is 552 g/mol. The quantitative estimate of drug-likeness (QED) is 0.352. The lowest BCUT2D eigenvalue weighted by Crippen LogP contribution is -2.45. The second-order valence-corrected chi connectivity index (χ2v) is 11.0. The first-order valence-corrected chi connectivity index (χ1v) is 13.9. The maximum atomic E-state index is 13.4. The molecule has 0 aromatic heterocycles. The van der Waals surface area contributed by atoms with Gasteiger partial charge in [0.1, 0.15) is 11.9 Å². The number of benzene rings is 3. The number of nitrogens with two attached hydrogens (primary N) is 1. The number of nitrogens with zero attached hydrogens (tertiary/aromatic N) is 1. The van der Waals surface area contributed by atoms with Crippen molar-refractivity contribution in [3.63, 3.8) is 0 Å². The predicted octanol–water partition coefficient (Wildman–Crippen LogP) is 2.55. The summed E-state index contributed by atoms with van der Waals surface area (Å²) in [7, 11) is -3.67. The summed E-state index contributed by atoms with van der Waals surface area (Å²) >= 11 is 0. The van der Waals surface area contributed by atoms with Gasteiger partial charge in [-0.15, -0.1) is 0 Å². The molecule has 0 radical (unpaired) electrons. The van der Waals surface area contributed by atoms with Crippen LogP contribution in [-0.4, -0.2) is 45.2 Å². The van der Waals surface area contributed by atoms with E-state index in [1.807, 2.05) is 13.8 Å². The molecule has 11 nitrogen and oxygen atoms in total. The van der Waals surface area contributed by atoms with Gasteiger partial charge in [-0.3, -0.25) is 20.4 Å². The maximum Gasteiger partial charge on any atom is 0.271 e. The van der Waals surface area contributed by atoms with Gasteiger partial charge in [-0.2, -0.15) is 0 Å². The van der Waals surface area contributed by atoms with E-state index in [9.17, 15) is 18.0 Å². The van der Waals surface area contributed by atoms with Crippen molar-refractivity contribution >= 4 is 33.2 Å². The summed E-state index contributed by atoms with van der Waals surface area (Å²) in [5.41, 5.74) is 12.5. The minimum atomic E-state index is -3.67. The molecule has 0 spiro atoms. The molecular formula is C27H29N5O6S. The van der Waals surface area contributed by atoms with Crippen LogP contribution < -0.4 is 31.4 Å². The first-order chi connectivity index (χ1) is 18.5. The first kappa shape index (κ1) is 27.5. The number of carbonyl (C=O) groups is 2. The molecule has 4 bridgehead atoms. The van der Waals surface area contributed by atoms with Gasteiger partial charge >= 0.3 is 0 Å². The molecule has 5 N–H and O–H groups in total. The number of ether oxygens (including phenoxy) is 2. The number of anilines is 1. The van der Waals surface area contributed by atoms with E-state index in [-0.39, 0.29) is 29.1 Å². The predicted molar refractivity (Wildman–Crippen MR) is 146 cm³/mol. The van der Waals surface area contributed by atoms with Crippen molar-refractivity contribution in [2.24, 2.45) is 10.7 Å². The lowest BCUT2D eigenvalue weighted by molar-refractivity contribution is -0.122. The van der Waals surface area contributed by atoms with Gasteiger partial charge in [-0.1, -0.05) is 18.2 Å². The van der Waals surface area contributed by atoms with E-state index in [1.54, 1.807) is 42.5 Å². The Morgan fingerprint density at radius 3 is 2.49 bits per heavy atom. The third-order valence-corrected chi connectivity index (χ3v) is 6.86. The summed E-state index contributed by atoms with van der Waals surface area (Å²) in [6, 6.07) is 16.8. The Kier molecular flexibility index (Phi) is 8.05. The number of sulfone groups is 1. The highest BCUT2D eigenvalue weighted by Crippen LogP contribution is 2.33. The number of aliphatic imine (C=N–C) groups is 1. The summed E-state index contributed by atoms with van der Waals surface area (Å²) in [4.78, 5) is 30.4. The molecule has 204 valence electrons. The van der Waals surface area contributed by atoms with Crippen LogP contribution in [0.3, 0.4) is 0 Å². The number of carbonyl (C=O) groups excluding carboxylic acids is 2. The highest BCUT2D eigenvalue weighted by molar-refractivity contribution is 7.90. The zero-order valence-electron chi connectivity index (χ0n) is 21.6. The number of amides is 2. The van der Waals surface area contributed by atoms with Crippen LogP contribution in [0.1, 0.15) is 41.4 Å². The van der Waals surface area contributed by atoms with Gasteiger partial charge in [0.25, 0.3) is 11.8 Å². The van der Waals surface area contributed by atoms with Gasteiger partial charge in [0.15, 0.2) is 28.1 Å². The lowest BCUT2D eigenvalue weighted by Gasteiger charge is -2.22. The van der Waals surface area contributed by atoms with Crippen LogP contribution in [0.4, 0.5) is 5.69 Å². The SMILES string of the molecule is CC(C)Oc1ccc2cc1OC/N=C(/N)c1ccc(cc1)NC2C(=O)NNC(=O)c1ccccc1S(C)(=O)=O. The molecule has 12 heteroatoms. The molecule has 5 rings (SSSR count). The molecule has 2 amide bonds. The fraction of sp³-hybridized carbons (Fsp3) is 0.222. The monoisotopic (exact) mass is 551 g/mol. The van der Waals surface area contributed by atoms with Crippen molar-refractivity contribution in [3.8, 4) is 11.5 Å². The van der Waals surface area contributed by atoms with E-state index in [0.29, 0.717) is 28.3 Å². The van der Waals surface area contributed by atoms with Crippen molar-refractivity contribution < 1.29 is 27.5 Å². The largest absolute Gasteiger partial charge is 0.487 e. The summed E-state index contributed by atoms with van der Waals surface area (Å²) in [6.07, 6.45) is 0.872. The van der Waals surface area contributed by atoms with E-state index >= 15 is 0 Å². The van der Waals surface area contributed by atoms with Crippen molar-refractivity contribution in [1.29, 1.82) is 0 Å². The summed E-state index contributed by atoms with van der Waals surface area (Å²) in [6.45, 7) is 3.67. The third-order valence-electron chi connectivity index (χ3n) is 5.70. The summed E-state index contributed by atoms with van der Waals surface area (Å²) < 4.78 is 35.9. The highest BCUT2D eigenvalue weighted by atomic mass is 32.2. The van der Waals surface area contributed by atoms with E-state index in [2.05, 4.69) is 21.2 Å². The normalized spacial score (nSPS) is 16.3. The van der Waals surface area contributed by atoms with E-state index in [4.69, 9.17) is 15.2 Å². The van der Waals surface area contributed by atoms with Crippen molar-refractivity contribution in [2.45, 2.75) is 30.9 Å². The Morgan fingerprint density at radius 1 is 1.08 bits per heavy atom.